The number of hydrogen-bond donors (Lipinski definition) is 1. The van der Waals surface area contributed by atoms with Gasteiger partial charge < -0.3 is 19.2 Å². The van der Waals surface area contributed by atoms with E-state index < -0.39 is 0 Å². The Labute approximate surface area is 146 Å². The van der Waals surface area contributed by atoms with E-state index >= 15 is 0 Å². The van der Waals surface area contributed by atoms with Crippen LogP contribution in [0.2, 0.25) is 0 Å². The Hall–Kier alpha value is -2.64. The number of imidazole rings is 1. The van der Waals surface area contributed by atoms with Crippen LogP contribution in [0.5, 0.6) is 0 Å². The largest absolute Gasteiger partial charge is 0.448 e. The zero-order chi connectivity index (χ0) is 18.0. The first-order chi connectivity index (χ1) is 12.0. The van der Waals surface area contributed by atoms with Gasteiger partial charge in [-0.3, -0.25) is 9.59 Å². The van der Waals surface area contributed by atoms with E-state index in [1.165, 1.54) is 6.26 Å². The number of aryl methyl sites for hydroxylation is 2. The molecule has 134 valence electrons. The summed E-state index contributed by atoms with van der Waals surface area (Å²) in [6, 6.07) is -0.546. The first-order valence-corrected chi connectivity index (χ1v) is 8.49. The molecule has 2 amide bonds. The third-order valence-electron chi connectivity index (χ3n) is 4.55. The molecule has 8 nitrogen and oxygen atoms in total. The van der Waals surface area contributed by atoms with Gasteiger partial charge in [-0.05, 0) is 12.8 Å². The molecule has 0 aromatic carbocycles. The van der Waals surface area contributed by atoms with Gasteiger partial charge >= 0.3 is 0 Å². The van der Waals surface area contributed by atoms with E-state index in [4.69, 9.17) is 4.42 Å². The van der Waals surface area contributed by atoms with E-state index in [0.717, 1.165) is 12.2 Å². The fourth-order valence-electron chi connectivity index (χ4n) is 3.19. The molecule has 25 heavy (non-hydrogen) atoms. The van der Waals surface area contributed by atoms with E-state index in [1.807, 2.05) is 24.7 Å². The van der Waals surface area contributed by atoms with Gasteiger partial charge in [-0.25, -0.2) is 9.97 Å². The second-order valence-electron chi connectivity index (χ2n) is 6.34. The van der Waals surface area contributed by atoms with E-state index in [0.29, 0.717) is 25.2 Å². The lowest BCUT2D eigenvalue weighted by atomic mass is 9.95. The van der Waals surface area contributed by atoms with Crippen molar-refractivity contribution in [2.75, 3.05) is 7.05 Å². The Morgan fingerprint density at radius 1 is 1.44 bits per heavy atom. The third-order valence-corrected chi connectivity index (χ3v) is 4.55. The smallest absolute Gasteiger partial charge is 0.273 e. The fourth-order valence-corrected chi connectivity index (χ4v) is 3.19. The molecule has 0 aliphatic carbocycles. The molecule has 0 radical (unpaired) electrons. The Morgan fingerprint density at radius 3 is 2.92 bits per heavy atom. The quantitative estimate of drug-likeness (QED) is 0.885. The first kappa shape index (κ1) is 17.2. The van der Waals surface area contributed by atoms with Crippen LogP contribution in [0.1, 0.15) is 54.4 Å². The maximum Gasteiger partial charge on any atom is 0.273 e. The van der Waals surface area contributed by atoms with Crippen molar-refractivity contribution in [3.05, 3.63) is 36.1 Å². The number of likely N-dealkylation sites (tertiary alicyclic amines) is 1. The zero-order valence-electron chi connectivity index (χ0n) is 14.7. The maximum absolute atomic E-state index is 12.6. The SMILES string of the molecule is CCCc1nc(C(=O)N[C@@H]2CCC(=O)N(C)[C@H]2c2nccn2C)co1. The summed E-state index contributed by atoms with van der Waals surface area (Å²) in [7, 11) is 3.62. The van der Waals surface area contributed by atoms with Crippen molar-refractivity contribution in [1.29, 1.82) is 0 Å². The zero-order valence-corrected chi connectivity index (χ0v) is 14.7. The van der Waals surface area contributed by atoms with E-state index in [1.54, 1.807) is 18.1 Å². The predicted molar refractivity (Wildman–Crippen MR) is 89.7 cm³/mol. The number of carbonyl (C=O) groups is 2. The summed E-state index contributed by atoms with van der Waals surface area (Å²) in [5.74, 6) is 1.06. The normalized spacial score (nSPS) is 20.8. The summed E-state index contributed by atoms with van der Waals surface area (Å²) in [6.45, 7) is 2.02. The maximum atomic E-state index is 12.6. The minimum absolute atomic E-state index is 0.0465. The molecule has 1 fully saturated rings. The van der Waals surface area contributed by atoms with Gasteiger partial charge in [0.2, 0.25) is 5.91 Å². The second kappa shape index (κ2) is 7.08. The topological polar surface area (TPSA) is 93.3 Å². The molecule has 1 aliphatic rings. The van der Waals surface area contributed by atoms with Crippen LogP contribution in [-0.4, -0.2) is 44.3 Å². The van der Waals surface area contributed by atoms with Gasteiger partial charge in [0.05, 0.1) is 6.04 Å². The molecule has 3 rings (SSSR count). The highest BCUT2D eigenvalue weighted by atomic mass is 16.3. The summed E-state index contributed by atoms with van der Waals surface area (Å²) >= 11 is 0. The van der Waals surface area contributed by atoms with Crippen molar-refractivity contribution in [2.24, 2.45) is 7.05 Å². The molecule has 2 atom stereocenters. The van der Waals surface area contributed by atoms with Crippen LogP contribution in [0.15, 0.2) is 23.1 Å². The number of amides is 2. The highest BCUT2D eigenvalue weighted by Crippen LogP contribution is 2.29. The number of rotatable bonds is 5. The van der Waals surface area contributed by atoms with Gasteiger partial charge in [0.15, 0.2) is 11.6 Å². The van der Waals surface area contributed by atoms with Crippen LogP contribution in [0.4, 0.5) is 0 Å². The third kappa shape index (κ3) is 3.42. The van der Waals surface area contributed by atoms with E-state index in [2.05, 4.69) is 15.3 Å². The van der Waals surface area contributed by atoms with Crippen molar-refractivity contribution < 1.29 is 14.0 Å². The number of nitrogens with zero attached hydrogens (tertiary/aromatic N) is 4. The number of likely N-dealkylation sites (N-methyl/N-ethyl adjacent to an activating group) is 1. The highest BCUT2D eigenvalue weighted by Gasteiger charge is 2.38. The lowest BCUT2D eigenvalue weighted by molar-refractivity contribution is -0.136. The highest BCUT2D eigenvalue weighted by molar-refractivity contribution is 5.92. The van der Waals surface area contributed by atoms with Gasteiger partial charge in [-0.15, -0.1) is 0 Å². The summed E-state index contributed by atoms with van der Waals surface area (Å²) < 4.78 is 7.19. The predicted octanol–water partition coefficient (Wildman–Crippen LogP) is 1.45. The molecule has 0 bridgehead atoms. The number of hydrogen-bond acceptors (Lipinski definition) is 5. The van der Waals surface area contributed by atoms with E-state index in [-0.39, 0.29) is 29.6 Å². The van der Waals surface area contributed by atoms with Gasteiger partial charge in [0, 0.05) is 39.3 Å². The van der Waals surface area contributed by atoms with Gasteiger partial charge in [-0.1, -0.05) is 6.92 Å². The lowest BCUT2D eigenvalue weighted by Gasteiger charge is -2.38. The average molecular weight is 345 g/mol. The molecule has 1 saturated heterocycles. The minimum Gasteiger partial charge on any atom is -0.448 e. The molecule has 0 spiro atoms. The van der Waals surface area contributed by atoms with Gasteiger partial charge in [0.25, 0.3) is 5.91 Å². The Balaban J connectivity index is 1.80. The number of oxazole rings is 1. The first-order valence-electron chi connectivity index (χ1n) is 8.49. The summed E-state index contributed by atoms with van der Waals surface area (Å²) in [6.07, 6.45) is 7.45. The average Bonchev–Trinajstić information content (AvgIpc) is 3.21. The number of piperidine rings is 1. The Kier molecular flexibility index (Phi) is 4.87. The van der Waals surface area contributed by atoms with Crippen LogP contribution in [-0.2, 0) is 18.3 Å². The summed E-state index contributed by atoms with van der Waals surface area (Å²) in [5, 5.41) is 3.00. The fraction of sp³-hybridized carbons (Fsp3) is 0.529. The van der Waals surface area contributed by atoms with Crippen molar-refractivity contribution in [3.8, 4) is 0 Å². The van der Waals surface area contributed by atoms with Crippen molar-refractivity contribution in [3.63, 3.8) is 0 Å². The lowest BCUT2D eigenvalue weighted by Crippen LogP contribution is -2.51. The molecule has 1 N–H and O–H groups in total. The molecule has 8 heteroatoms. The Bertz CT molecular complexity index is 766. The molecule has 2 aromatic rings. The van der Waals surface area contributed by atoms with Crippen LogP contribution in [0.25, 0.3) is 0 Å². The second-order valence-corrected chi connectivity index (χ2v) is 6.34. The van der Waals surface area contributed by atoms with Crippen molar-refractivity contribution in [2.45, 2.75) is 44.7 Å². The Morgan fingerprint density at radius 2 is 2.24 bits per heavy atom. The van der Waals surface area contributed by atoms with E-state index in [9.17, 15) is 9.59 Å². The molecule has 1 aliphatic heterocycles. The molecule has 2 aromatic heterocycles. The molecule has 0 saturated carbocycles. The van der Waals surface area contributed by atoms with Crippen molar-refractivity contribution in [1.82, 2.24) is 24.8 Å². The van der Waals surface area contributed by atoms with Crippen LogP contribution in [0, 0.1) is 0 Å². The van der Waals surface area contributed by atoms with Crippen LogP contribution >= 0.6 is 0 Å². The van der Waals surface area contributed by atoms with Gasteiger partial charge in [0.1, 0.15) is 18.1 Å². The van der Waals surface area contributed by atoms with Crippen molar-refractivity contribution >= 4 is 11.8 Å². The van der Waals surface area contributed by atoms with Crippen LogP contribution < -0.4 is 5.32 Å². The number of aromatic nitrogens is 3. The van der Waals surface area contributed by atoms with Gasteiger partial charge in [-0.2, -0.15) is 0 Å². The molecule has 3 heterocycles. The summed E-state index contributed by atoms with van der Waals surface area (Å²) in [5.41, 5.74) is 0.265. The number of nitrogens with one attached hydrogen (secondary N) is 1. The van der Waals surface area contributed by atoms with Crippen LogP contribution in [0.3, 0.4) is 0 Å². The molecular weight excluding hydrogens is 322 g/mol. The number of carbonyl (C=O) groups excluding carboxylic acids is 2. The minimum atomic E-state index is -0.313. The molecular formula is C17H23N5O3. The molecule has 0 unspecified atom stereocenters. The monoisotopic (exact) mass is 345 g/mol. The summed E-state index contributed by atoms with van der Waals surface area (Å²) in [4.78, 5) is 34.9. The standard InChI is InChI=1S/C17H23N5O3/c1-4-5-13-19-12(10-25-13)17(24)20-11-6-7-14(23)22(3)15(11)16-18-8-9-21(16)2/h8-11,15H,4-7H2,1-3H3,(H,20,24)/t11-,15-/m1/s1.